The van der Waals surface area contributed by atoms with Crippen LogP contribution in [0, 0.1) is 5.21 Å². The van der Waals surface area contributed by atoms with Gasteiger partial charge in [0, 0.05) is 12.6 Å². The summed E-state index contributed by atoms with van der Waals surface area (Å²) in [5.74, 6) is -6.15. The predicted octanol–water partition coefficient (Wildman–Crippen LogP) is 5.37. The van der Waals surface area contributed by atoms with Crippen LogP contribution >= 0.6 is 0 Å². The van der Waals surface area contributed by atoms with Crippen molar-refractivity contribution in [3.8, 4) is 5.88 Å². The number of benzene rings is 1. The number of ether oxygens (including phenoxy) is 3. The van der Waals surface area contributed by atoms with Crippen LogP contribution in [0.15, 0.2) is 61.9 Å². The molecule has 2 aromatic heterocycles. The van der Waals surface area contributed by atoms with Gasteiger partial charge in [-0.05, 0) is 66.3 Å². The Morgan fingerprint density at radius 2 is 1.66 bits per heavy atom. The van der Waals surface area contributed by atoms with Gasteiger partial charge in [-0.15, -0.1) is 0 Å². The number of hydrogen-bond acceptors (Lipinski definition) is 14. The highest BCUT2D eigenvalue weighted by molar-refractivity contribution is 7.91. The molecule has 1 unspecified atom stereocenters. The van der Waals surface area contributed by atoms with E-state index in [2.05, 4.69) is 20.1 Å². The molecule has 1 aromatic carbocycles. The summed E-state index contributed by atoms with van der Waals surface area (Å²) in [6.45, 7) is 20.4. The van der Waals surface area contributed by atoms with Crippen LogP contribution in [-0.4, -0.2) is 89.1 Å². The van der Waals surface area contributed by atoms with Crippen molar-refractivity contribution in [1.29, 1.82) is 0 Å². The predicted molar refractivity (Wildman–Crippen MR) is 209 cm³/mol. The minimum absolute atomic E-state index is 0.171. The van der Waals surface area contributed by atoms with Crippen LogP contribution < -0.4 is 20.6 Å². The minimum atomic E-state index is -4.37. The van der Waals surface area contributed by atoms with E-state index >= 15 is 8.78 Å². The molecule has 1 saturated heterocycles. The summed E-state index contributed by atoms with van der Waals surface area (Å²) in [5, 5.41) is 16.3. The highest BCUT2D eigenvalue weighted by atomic mass is 32.2. The molecule has 0 spiro atoms. The van der Waals surface area contributed by atoms with Crippen molar-refractivity contribution >= 4 is 44.2 Å². The zero-order chi connectivity index (χ0) is 43.6. The summed E-state index contributed by atoms with van der Waals surface area (Å²) >= 11 is 0. The van der Waals surface area contributed by atoms with Crippen LogP contribution in [0.25, 0.3) is 0 Å². The molecule has 4 atom stereocenters. The molecular formula is C36H53F2N5O12SSi2. The van der Waals surface area contributed by atoms with E-state index in [1.54, 1.807) is 6.07 Å². The van der Waals surface area contributed by atoms with E-state index in [0.717, 1.165) is 12.3 Å². The maximum Gasteiger partial charge on any atom is 0.415 e. The Morgan fingerprint density at radius 1 is 1.03 bits per heavy atom. The van der Waals surface area contributed by atoms with Gasteiger partial charge in [0.1, 0.15) is 30.7 Å². The molecule has 1 amide bonds. The number of hydrogen-bond donors (Lipinski definition) is 1. The number of anilines is 1. The number of amides is 1. The van der Waals surface area contributed by atoms with Gasteiger partial charge in [-0.3, -0.25) is 18.8 Å². The first-order valence-corrected chi connectivity index (χ1v) is 25.8. The van der Waals surface area contributed by atoms with E-state index in [9.17, 15) is 28.0 Å². The Kier molecular flexibility index (Phi) is 13.9. The van der Waals surface area contributed by atoms with Crippen LogP contribution in [0.4, 0.5) is 14.6 Å². The molecule has 0 radical (unpaired) electrons. The van der Waals surface area contributed by atoms with E-state index in [1.165, 1.54) is 31.2 Å². The lowest BCUT2D eigenvalue weighted by Gasteiger charge is -2.41. The Morgan fingerprint density at radius 3 is 2.24 bits per heavy atom. The first kappa shape index (κ1) is 46.6. The smallest absolute Gasteiger partial charge is 0.415 e. The number of nitrogens with zero attached hydrogens (tertiary/aromatic N) is 4. The molecule has 1 aliphatic rings. The Bertz CT molecular complexity index is 2100. The summed E-state index contributed by atoms with van der Waals surface area (Å²) < 4.78 is 92.7. The molecule has 1 aliphatic heterocycles. The number of halogens is 2. The number of nitrogens with one attached hydrogen (secondary N) is 1. The van der Waals surface area contributed by atoms with Crippen molar-refractivity contribution in [1.82, 2.24) is 14.7 Å². The number of aromatic nitrogens is 4. The second kappa shape index (κ2) is 17.2. The first-order chi connectivity index (χ1) is 26.6. The fourth-order valence-corrected chi connectivity index (χ4v) is 8.69. The SMILES string of the molecule is CC(COc1no[n+]([O-])c1S(=O)(=O)c1ccccc1)OC(=O)CCC(=O)Nc1ccn([C@@H]2O[C@H](CO[Si](C)(C)C(C)(C)C)[C@@H](O[Si](C)(C)C(C)(C)C)C2(F)F)c(=O)n1. The fraction of sp³-hybridized carbons (Fsp3) is 0.611. The van der Waals surface area contributed by atoms with Crippen molar-refractivity contribution < 1.29 is 59.4 Å². The highest BCUT2D eigenvalue weighted by Gasteiger charge is 2.63. The average Bonchev–Trinajstić information content (AvgIpc) is 3.60. The summed E-state index contributed by atoms with van der Waals surface area (Å²) in [4.78, 5) is 41.6. The summed E-state index contributed by atoms with van der Waals surface area (Å²) in [6.07, 6.45) is -5.79. The monoisotopic (exact) mass is 873 g/mol. The summed E-state index contributed by atoms with van der Waals surface area (Å²) in [6, 6.07) is 8.21. The quantitative estimate of drug-likeness (QED) is 0.109. The number of sulfone groups is 1. The molecule has 4 rings (SSSR count). The molecule has 0 bridgehead atoms. The zero-order valence-corrected chi connectivity index (χ0v) is 37.3. The zero-order valence-electron chi connectivity index (χ0n) is 34.5. The summed E-state index contributed by atoms with van der Waals surface area (Å²) in [7, 11) is -9.54. The normalized spacial score (nSPS) is 19.4. The number of esters is 1. The lowest BCUT2D eigenvalue weighted by atomic mass is 10.1. The topological polar surface area (TPSA) is 214 Å². The van der Waals surface area contributed by atoms with E-state index in [1.807, 2.05) is 67.7 Å². The fourth-order valence-electron chi connectivity index (χ4n) is 5.09. The van der Waals surface area contributed by atoms with Crippen molar-refractivity contribution in [2.45, 2.75) is 138 Å². The van der Waals surface area contributed by atoms with Crippen LogP contribution in [0.3, 0.4) is 0 Å². The molecule has 3 heterocycles. The molecule has 22 heteroatoms. The highest BCUT2D eigenvalue weighted by Crippen LogP contribution is 2.48. The van der Waals surface area contributed by atoms with Gasteiger partial charge in [-0.2, -0.15) is 13.8 Å². The molecule has 17 nitrogen and oxygen atoms in total. The molecule has 0 aliphatic carbocycles. The average molecular weight is 874 g/mol. The van der Waals surface area contributed by atoms with Crippen molar-refractivity contribution in [3.05, 3.63) is 58.3 Å². The van der Waals surface area contributed by atoms with Crippen molar-refractivity contribution in [2.75, 3.05) is 18.5 Å². The Labute approximate surface area is 338 Å². The van der Waals surface area contributed by atoms with E-state index in [-0.39, 0.29) is 27.3 Å². The molecule has 0 saturated carbocycles. The number of alkyl halides is 2. The largest absolute Gasteiger partial charge is 0.459 e. The number of rotatable bonds is 16. The third kappa shape index (κ3) is 10.6. The maximum atomic E-state index is 16.4. The van der Waals surface area contributed by atoms with Gasteiger partial charge < -0.3 is 33.6 Å². The molecule has 58 heavy (non-hydrogen) atoms. The minimum Gasteiger partial charge on any atom is -0.459 e. The van der Waals surface area contributed by atoms with Gasteiger partial charge in [0.05, 0.1) is 23.1 Å². The standard InChI is InChI=1S/C36H53F2N5O12SSi2/c1-23(21-50-30-31(43(47)55-41-30)56(48,49)24-15-13-12-14-16-24)52-28(45)18-17-27(44)39-26-19-20-42(33(46)40-26)32-36(37,38)29(54-58(10,11)35(5,6)7)25(53-32)22-51-57(8,9)34(2,3)4/h12-16,19-20,23,25,29,32H,17-18,21-22H2,1-11H3,(H,39,40,44,46)/t23?,25-,29-,32-/m1/s1. The lowest BCUT2D eigenvalue weighted by molar-refractivity contribution is -0.832. The number of carbonyl (C=O) groups is 2. The van der Waals surface area contributed by atoms with Crippen molar-refractivity contribution in [3.63, 3.8) is 0 Å². The Balaban J connectivity index is 1.37. The van der Waals surface area contributed by atoms with Crippen molar-refractivity contribution in [2.24, 2.45) is 0 Å². The van der Waals surface area contributed by atoms with Gasteiger partial charge in [0.15, 0.2) is 16.6 Å². The van der Waals surface area contributed by atoms with E-state index in [4.69, 9.17) is 23.1 Å². The Hall–Kier alpha value is -4.10. The second-order valence-electron chi connectivity index (χ2n) is 17.1. The summed E-state index contributed by atoms with van der Waals surface area (Å²) in [5.41, 5.74) is -1.12. The molecular weight excluding hydrogens is 821 g/mol. The molecule has 322 valence electrons. The van der Waals surface area contributed by atoms with Crippen LogP contribution in [-0.2, 0) is 37.8 Å². The van der Waals surface area contributed by atoms with Gasteiger partial charge >= 0.3 is 28.5 Å². The van der Waals surface area contributed by atoms with Gasteiger partial charge in [-0.1, -0.05) is 59.7 Å². The third-order valence-corrected chi connectivity index (χ3v) is 21.2. The van der Waals surface area contributed by atoms with E-state index < -0.39 is 110 Å². The molecule has 1 fully saturated rings. The first-order valence-electron chi connectivity index (χ1n) is 18.5. The second-order valence-corrected chi connectivity index (χ2v) is 28.5. The van der Waals surface area contributed by atoms with Gasteiger partial charge in [0.2, 0.25) is 12.1 Å². The lowest BCUT2D eigenvalue weighted by Crippen LogP contribution is -2.53. The molecule has 1 N–H and O–H groups in total. The van der Waals surface area contributed by atoms with Crippen LogP contribution in [0.1, 0.15) is 67.5 Å². The third-order valence-electron chi connectivity index (χ3n) is 10.5. The van der Waals surface area contributed by atoms with Crippen LogP contribution in [0.5, 0.6) is 5.88 Å². The van der Waals surface area contributed by atoms with Crippen LogP contribution in [0.2, 0.25) is 36.3 Å². The number of carbonyl (C=O) groups excluding carboxylic acids is 2. The maximum absolute atomic E-state index is 16.4. The van der Waals surface area contributed by atoms with Gasteiger partial charge in [-0.25, -0.2) is 13.2 Å². The van der Waals surface area contributed by atoms with Gasteiger partial charge in [0.25, 0.3) is 9.84 Å². The molecule has 3 aromatic rings. The van der Waals surface area contributed by atoms with E-state index in [0.29, 0.717) is 4.57 Å².